The summed E-state index contributed by atoms with van der Waals surface area (Å²) in [6.45, 7) is 1.38. The molecule has 0 spiro atoms. The molecule has 0 aromatic heterocycles. The molecule has 0 saturated heterocycles. The van der Waals surface area contributed by atoms with Gasteiger partial charge in [-0.05, 0) is 19.3 Å². The second-order valence-electron chi connectivity index (χ2n) is 4.38. The standard InChI is InChI=1S/C11H18ClN3O4/c1-8(16)19-10-5-3-2-4-9(10)13-11(17)15(14-18)7-6-12/h9-10H,2-7H2,1H3,(H,13,17)/t9-,10+/m1/s1. The molecule has 0 heterocycles. The van der Waals surface area contributed by atoms with E-state index in [2.05, 4.69) is 10.6 Å². The number of urea groups is 1. The number of amides is 2. The number of carbonyl (C=O) groups excluding carboxylic acids is 2. The second kappa shape index (κ2) is 7.93. The highest BCUT2D eigenvalue weighted by Crippen LogP contribution is 2.21. The van der Waals surface area contributed by atoms with Crippen molar-refractivity contribution in [1.82, 2.24) is 10.3 Å². The quantitative estimate of drug-likeness (QED) is 0.362. The molecule has 1 saturated carbocycles. The number of hydrogen-bond donors (Lipinski definition) is 1. The second-order valence-corrected chi connectivity index (χ2v) is 4.76. The lowest BCUT2D eigenvalue weighted by Crippen LogP contribution is -2.50. The zero-order valence-electron chi connectivity index (χ0n) is 10.8. The van der Waals surface area contributed by atoms with Gasteiger partial charge in [0.25, 0.3) is 0 Å². The highest BCUT2D eigenvalue weighted by atomic mass is 35.5. The van der Waals surface area contributed by atoms with Gasteiger partial charge in [-0.1, -0.05) is 6.42 Å². The van der Waals surface area contributed by atoms with Crippen LogP contribution in [0, 0.1) is 4.91 Å². The summed E-state index contributed by atoms with van der Waals surface area (Å²) in [5.41, 5.74) is 0. The minimum Gasteiger partial charge on any atom is -0.460 e. The zero-order valence-corrected chi connectivity index (χ0v) is 11.6. The first-order chi connectivity index (χ1) is 9.08. The van der Waals surface area contributed by atoms with Crippen LogP contribution in [0.25, 0.3) is 0 Å². The van der Waals surface area contributed by atoms with Crippen LogP contribution in [0.2, 0.25) is 0 Å². The van der Waals surface area contributed by atoms with Gasteiger partial charge in [0.15, 0.2) is 0 Å². The Balaban J connectivity index is 2.58. The minimum absolute atomic E-state index is 0.0435. The molecular weight excluding hydrogens is 274 g/mol. The molecule has 108 valence electrons. The number of alkyl halides is 1. The SMILES string of the molecule is CC(=O)O[C@H]1CCCC[C@H]1NC(=O)N(CCCl)N=O. The molecule has 0 unspecified atom stereocenters. The third kappa shape index (κ3) is 5.02. The van der Waals surface area contributed by atoms with Gasteiger partial charge in [-0.2, -0.15) is 5.01 Å². The van der Waals surface area contributed by atoms with Crippen molar-refractivity contribution in [3.8, 4) is 0 Å². The lowest BCUT2D eigenvalue weighted by atomic mass is 9.92. The maximum atomic E-state index is 11.8. The molecule has 2 amide bonds. The van der Waals surface area contributed by atoms with Crippen LogP contribution in [-0.4, -0.2) is 41.6 Å². The van der Waals surface area contributed by atoms with Gasteiger partial charge in [-0.15, -0.1) is 16.5 Å². The molecule has 1 aliphatic carbocycles. The highest BCUT2D eigenvalue weighted by molar-refractivity contribution is 6.18. The van der Waals surface area contributed by atoms with Crippen LogP contribution >= 0.6 is 11.6 Å². The fraction of sp³-hybridized carbons (Fsp3) is 0.818. The van der Waals surface area contributed by atoms with Crippen LogP contribution < -0.4 is 5.32 Å². The van der Waals surface area contributed by atoms with E-state index in [1.54, 1.807) is 0 Å². The molecule has 0 aliphatic heterocycles. The van der Waals surface area contributed by atoms with E-state index >= 15 is 0 Å². The van der Waals surface area contributed by atoms with Crippen molar-refractivity contribution < 1.29 is 14.3 Å². The lowest BCUT2D eigenvalue weighted by Gasteiger charge is -2.32. The molecule has 7 nitrogen and oxygen atoms in total. The Morgan fingerprint density at radius 2 is 2.11 bits per heavy atom. The van der Waals surface area contributed by atoms with E-state index in [0.29, 0.717) is 12.8 Å². The largest absolute Gasteiger partial charge is 0.460 e. The fourth-order valence-electron chi connectivity index (χ4n) is 2.11. The Morgan fingerprint density at radius 1 is 1.42 bits per heavy atom. The molecule has 1 N–H and O–H groups in total. The summed E-state index contributed by atoms with van der Waals surface area (Å²) in [5, 5.41) is 6.00. The van der Waals surface area contributed by atoms with Crippen molar-refractivity contribution >= 4 is 23.6 Å². The summed E-state index contributed by atoms with van der Waals surface area (Å²) < 4.78 is 5.17. The molecule has 0 bridgehead atoms. The third-order valence-electron chi connectivity index (χ3n) is 2.96. The maximum absolute atomic E-state index is 11.8. The number of ether oxygens (including phenoxy) is 1. The van der Waals surface area contributed by atoms with E-state index in [4.69, 9.17) is 16.3 Å². The summed E-state index contributed by atoms with van der Waals surface area (Å²) in [5.74, 6) is -0.255. The van der Waals surface area contributed by atoms with Crippen LogP contribution in [0.15, 0.2) is 5.29 Å². The summed E-state index contributed by atoms with van der Waals surface area (Å²) >= 11 is 5.47. The lowest BCUT2D eigenvalue weighted by molar-refractivity contribution is -0.149. The Kier molecular flexibility index (Phi) is 6.55. The average Bonchev–Trinajstić information content (AvgIpc) is 2.37. The molecule has 1 aliphatic rings. The van der Waals surface area contributed by atoms with Crippen molar-refractivity contribution in [3.63, 3.8) is 0 Å². The summed E-state index contributed by atoms with van der Waals surface area (Å²) in [6, 6.07) is -0.899. The monoisotopic (exact) mass is 291 g/mol. The van der Waals surface area contributed by atoms with E-state index in [0.717, 1.165) is 17.9 Å². The van der Waals surface area contributed by atoms with Gasteiger partial charge < -0.3 is 10.1 Å². The van der Waals surface area contributed by atoms with E-state index in [1.807, 2.05) is 0 Å². The van der Waals surface area contributed by atoms with E-state index in [-0.39, 0.29) is 30.5 Å². The van der Waals surface area contributed by atoms with Gasteiger partial charge in [0.05, 0.1) is 17.9 Å². The topological polar surface area (TPSA) is 88.1 Å². The average molecular weight is 292 g/mol. The van der Waals surface area contributed by atoms with E-state index in [9.17, 15) is 14.5 Å². The van der Waals surface area contributed by atoms with Crippen LogP contribution in [0.5, 0.6) is 0 Å². The van der Waals surface area contributed by atoms with Crippen molar-refractivity contribution in [1.29, 1.82) is 0 Å². The van der Waals surface area contributed by atoms with E-state index in [1.165, 1.54) is 6.92 Å². The van der Waals surface area contributed by atoms with Crippen LogP contribution in [0.3, 0.4) is 0 Å². The number of nitrogens with zero attached hydrogens (tertiary/aromatic N) is 2. The highest BCUT2D eigenvalue weighted by Gasteiger charge is 2.30. The van der Waals surface area contributed by atoms with Crippen molar-refractivity contribution in [3.05, 3.63) is 4.91 Å². The van der Waals surface area contributed by atoms with Gasteiger partial charge in [0.2, 0.25) is 0 Å². The van der Waals surface area contributed by atoms with Crippen molar-refractivity contribution in [2.24, 2.45) is 5.29 Å². The molecule has 0 radical (unpaired) electrons. The Bertz CT molecular complexity index is 340. The summed E-state index contributed by atoms with van der Waals surface area (Å²) in [7, 11) is 0. The smallest absolute Gasteiger partial charge is 0.340 e. The molecule has 1 fully saturated rings. The first-order valence-corrected chi connectivity index (χ1v) is 6.76. The van der Waals surface area contributed by atoms with Crippen LogP contribution in [-0.2, 0) is 9.53 Å². The normalized spacial score (nSPS) is 22.4. The molecule has 0 aromatic rings. The predicted octanol–water partition coefficient (Wildman–Crippen LogP) is 1.79. The third-order valence-corrected chi connectivity index (χ3v) is 3.13. The Morgan fingerprint density at radius 3 is 2.68 bits per heavy atom. The van der Waals surface area contributed by atoms with Gasteiger partial charge in [-0.25, -0.2) is 4.79 Å². The fourth-order valence-corrected chi connectivity index (χ4v) is 2.27. The molecule has 8 heteroatoms. The number of esters is 1. The maximum Gasteiger partial charge on any atom is 0.340 e. The Labute approximate surface area is 116 Å². The number of rotatable bonds is 5. The number of hydrogen-bond acceptors (Lipinski definition) is 5. The van der Waals surface area contributed by atoms with Crippen molar-refractivity contribution in [2.45, 2.75) is 44.8 Å². The molecule has 19 heavy (non-hydrogen) atoms. The molecular formula is C11H18ClN3O4. The first kappa shape index (κ1) is 15.7. The van der Waals surface area contributed by atoms with Gasteiger partial charge in [0, 0.05) is 12.8 Å². The number of halogens is 1. The van der Waals surface area contributed by atoms with Gasteiger partial charge in [-0.3, -0.25) is 4.79 Å². The summed E-state index contributed by atoms with van der Waals surface area (Å²) in [4.78, 5) is 33.3. The zero-order chi connectivity index (χ0) is 14.3. The number of nitrogens with one attached hydrogen (secondary N) is 1. The summed E-state index contributed by atoms with van der Waals surface area (Å²) in [6.07, 6.45) is 2.94. The van der Waals surface area contributed by atoms with E-state index < -0.39 is 6.03 Å². The molecule has 0 aromatic carbocycles. The Hall–Kier alpha value is -1.37. The number of carbonyl (C=O) groups is 2. The van der Waals surface area contributed by atoms with Crippen LogP contribution in [0.4, 0.5) is 4.79 Å². The van der Waals surface area contributed by atoms with Crippen LogP contribution in [0.1, 0.15) is 32.6 Å². The van der Waals surface area contributed by atoms with Gasteiger partial charge >= 0.3 is 12.0 Å². The molecule has 2 atom stereocenters. The first-order valence-electron chi connectivity index (χ1n) is 6.23. The predicted molar refractivity (Wildman–Crippen MR) is 69.6 cm³/mol. The minimum atomic E-state index is -0.611. The number of nitroso groups, excluding NO2 is 1. The van der Waals surface area contributed by atoms with Crippen molar-refractivity contribution in [2.75, 3.05) is 12.4 Å². The van der Waals surface area contributed by atoms with Gasteiger partial charge in [0.1, 0.15) is 6.10 Å². The molecule has 1 rings (SSSR count).